The van der Waals surface area contributed by atoms with E-state index >= 15 is 0 Å². The summed E-state index contributed by atoms with van der Waals surface area (Å²) in [5.74, 6) is 0.100. The second kappa shape index (κ2) is 4.66. The van der Waals surface area contributed by atoms with Crippen molar-refractivity contribution < 1.29 is 4.79 Å². The van der Waals surface area contributed by atoms with Gasteiger partial charge in [0.05, 0.1) is 6.04 Å². The number of carbonyl (C=O) groups excluding carboxylic acids is 1. The van der Waals surface area contributed by atoms with Gasteiger partial charge in [-0.3, -0.25) is 4.79 Å². The Labute approximate surface area is 96.2 Å². The first-order chi connectivity index (χ1) is 7.68. The maximum absolute atomic E-state index is 11.7. The first-order valence-electron chi connectivity index (χ1n) is 5.78. The van der Waals surface area contributed by atoms with Crippen LogP contribution in [0.25, 0.3) is 0 Å². The number of carbonyl (C=O) groups is 1. The Morgan fingerprint density at radius 1 is 1.44 bits per heavy atom. The summed E-state index contributed by atoms with van der Waals surface area (Å²) in [5, 5.41) is 0. The molecule has 3 heteroatoms. The first kappa shape index (κ1) is 11.1. The molecule has 0 bridgehead atoms. The number of likely N-dealkylation sites (tertiary alicyclic amines) is 1. The zero-order valence-corrected chi connectivity index (χ0v) is 9.60. The van der Waals surface area contributed by atoms with E-state index in [9.17, 15) is 4.79 Å². The molecule has 2 N–H and O–H groups in total. The Balaban J connectivity index is 1.99. The molecule has 2 unspecified atom stereocenters. The van der Waals surface area contributed by atoms with E-state index in [1.54, 1.807) is 0 Å². The fourth-order valence-electron chi connectivity index (χ4n) is 2.23. The average Bonchev–Trinajstić information content (AvgIpc) is 2.61. The molecule has 1 aromatic carbocycles. The van der Waals surface area contributed by atoms with Crippen molar-refractivity contribution >= 4 is 5.91 Å². The fourth-order valence-corrected chi connectivity index (χ4v) is 2.23. The summed E-state index contributed by atoms with van der Waals surface area (Å²) in [6.45, 7) is 2.89. The van der Waals surface area contributed by atoms with Crippen molar-refractivity contribution in [1.29, 1.82) is 0 Å². The zero-order chi connectivity index (χ0) is 11.5. The molecule has 2 rings (SSSR count). The Morgan fingerprint density at radius 2 is 2.12 bits per heavy atom. The van der Waals surface area contributed by atoms with Gasteiger partial charge in [0.15, 0.2) is 0 Å². The Bertz CT molecular complexity index is 363. The van der Waals surface area contributed by atoms with Crippen molar-refractivity contribution in [3.8, 4) is 0 Å². The van der Waals surface area contributed by atoms with Crippen molar-refractivity contribution in [2.24, 2.45) is 5.73 Å². The normalized spacial score (nSPS) is 22.5. The van der Waals surface area contributed by atoms with Crippen molar-refractivity contribution in [3.63, 3.8) is 0 Å². The van der Waals surface area contributed by atoms with E-state index in [1.807, 2.05) is 23.1 Å². The Hall–Kier alpha value is -1.35. The van der Waals surface area contributed by atoms with E-state index in [0.29, 0.717) is 0 Å². The van der Waals surface area contributed by atoms with Crippen LogP contribution < -0.4 is 5.73 Å². The van der Waals surface area contributed by atoms with Crippen molar-refractivity contribution in [2.45, 2.75) is 31.8 Å². The molecule has 1 heterocycles. The molecule has 1 aromatic rings. The average molecular weight is 218 g/mol. The highest BCUT2D eigenvalue weighted by Crippen LogP contribution is 2.16. The molecule has 0 saturated carbocycles. The van der Waals surface area contributed by atoms with E-state index in [1.165, 1.54) is 5.56 Å². The lowest BCUT2D eigenvalue weighted by Crippen LogP contribution is -2.40. The lowest BCUT2D eigenvalue weighted by Gasteiger charge is -2.24. The van der Waals surface area contributed by atoms with Crippen LogP contribution in [-0.4, -0.2) is 29.4 Å². The van der Waals surface area contributed by atoms with E-state index in [2.05, 4.69) is 19.1 Å². The summed E-state index contributed by atoms with van der Waals surface area (Å²) in [7, 11) is 0. The van der Waals surface area contributed by atoms with Crippen LogP contribution in [0.5, 0.6) is 0 Å². The van der Waals surface area contributed by atoms with Gasteiger partial charge in [-0.15, -0.1) is 0 Å². The lowest BCUT2D eigenvalue weighted by atomic mass is 10.1. The predicted octanol–water partition coefficient (Wildman–Crippen LogP) is 1.18. The topological polar surface area (TPSA) is 46.3 Å². The summed E-state index contributed by atoms with van der Waals surface area (Å²) in [6.07, 6.45) is 1.69. The number of benzene rings is 1. The third kappa shape index (κ3) is 2.25. The summed E-state index contributed by atoms with van der Waals surface area (Å²) in [4.78, 5) is 13.6. The van der Waals surface area contributed by atoms with Crippen molar-refractivity contribution in [2.75, 3.05) is 6.54 Å². The van der Waals surface area contributed by atoms with Gasteiger partial charge in [0, 0.05) is 12.6 Å². The third-order valence-corrected chi connectivity index (χ3v) is 3.19. The van der Waals surface area contributed by atoms with Crippen LogP contribution in [0, 0.1) is 0 Å². The molecule has 3 nitrogen and oxygen atoms in total. The van der Waals surface area contributed by atoms with Crippen molar-refractivity contribution in [1.82, 2.24) is 4.90 Å². The third-order valence-electron chi connectivity index (χ3n) is 3.19. The number of hydrogen-bond acceptors (Lipinski definition) is 2. The van der Waals surface area contributed by atoms with Crippen LogP contribution in [0.3, 0.4) is 0 Å². The SMILES string of the molecule is CC(Cc1ccccc1)N1CCC(N)C1=O. The highest BCUT2D eigenvalue weighted by Gasteiger charge is 2.31. The van der Waals surface area contributed by atoms with E-state index in [4.69, 9.17) is 5.73 Å². The van der Waals surface area contributed by atoms with Gasteiger partial charge in [0.2, 0.25) is 5.91 Å². The minimum Gasteiger partial charge on any atom is -0.338 e. The van der Waals surface area contributed by atoms with Crippen LogP contribution in [-0.2, 0) is 11.2 Å². The largest absolute Gasteiger partial charge is 0.338 e. The first-order valence-corrected chi connectivity index (χ1v) is 5.78. The van der Waals surface area contributed by atoms with Gasteiger partial charge in [0.25, 0.3) is 0 Å². The van der Waals surface area contributed by atoms with Crippen molar-refractivity contribution in [3.05, 3.63) is 35.9 Å². The maximum Gasteiger partial charge on any atom is 0.239 e. The number of hydrogen-bond donors (Lipinski definition) is 1. The van der Waals surface area contributed by atoms with Gasteiger partial charge >= 0.3 is 0 Å². The molecule has 0 radical (unpaired) electrons. The predicted molar refractivity (Wildman–Crippen MR) is 63.9 cm³/mol. The zero-order valence-electron chi connectivity index (χ0n) is 9.60. The number of nitrogens with two attached hydrogens (primary N) is 1. The van der Waals surface area contributed by atoms with E-state index in [-0.39, 0.29) is 18.0 Å². The molecule has 16 heavy (non-hydrogen) atoms. The number of nitrogens with zero attached hydrogens (tertiary/aromatic N) is 1. The standard InChI is InChI=1S/C13H18N2O/c1-10(9-11-5-3-2-4-6-11)15-8-7-12(14)13(15)16/h2-6,10,12H,7-9,14H2,1H3. The molecule has 0 spiro atoms. The van der Waals surface area contributed by atoms with E-state index in [0.717, 1.165) is 19.4 Å². The molecular formula is C13H18N2O. The minimum atomic E-state index is -0.279. The second-order valence-electron chi connectivity index (χ2n) is 4.47. The molecule has 86 valence electrons. The summed E-state index contributed by atoms with van der Waals surface area (Å²) >= 11 is 0. The van der Waals surface area contributed by atoms with Gasteiger partial charge in [-0.2, -0.15) is 0 Å². The molecule has 1 amide bonds. The second-order valence-corrected chi connectivity index (χ2v) is 4.47. The Kier molecular flexibility index (Phi) is 3.25. The summed E-state index contributed by atoms with van der Waals surface area (Å²) < 4.78 is 0. The van der Waals surface area contributed by atoms with Gasteiger partial charge < -0.3 is 10.6 Å². The fraction of sp³-hybridized carbons (Fsp3) is 0.462. The smallest absolute Gasteiger partial charge is 0.239 e. The molecule has 1 aliphatic rings. The quantitative estimate of drug-likeness (QED) is 0.828. The van der Waals surface area contributed by atoms with Gasteiger partial charge in [-0.1, -0.05) is 30.3 Å². The molecule has 1 aliphatic heterocycles. The molecule has 0 aliphatic carbocycles. The summed E-state index contributed by atoms with van der Waals surface area (Å²) in [5.41, 5.74) is 6.98. The van der Waals surface area contributed by atoms with Crippen LogP contribution in [0.1, 0.15) is 18.9 Å². The highest BCUT2D eigenvalue weighted by molar-refractivity contribution is 5.84. The van der Waals surface area contributed by atoms with Crippen LogP contribution >= 0.6 is 0 Å². The molecule has 1 fully saturated rings. The number of amides is 1. The van der Waals surface area contributed by atoms with Gasteiger partial charge in [0.1, 0.15) is 0 Å². The molecule has 2 atom stereocenters. The van der Waals surface area contributed by atoms with Crippen LogP contribution in [0.15, 0.2) is 30.3 Å². The molecule has 1 saturated heterocycles. The van der Waals surface area contributed by atoms with Crippen LogP contribution in [0.4, 0.5) is 0 Å². The van der Waals surface area contributed by atoms with Gasteiger partial charge in [-0.25, -0.2) is 0 Å². The maximum atomic E-state index is 11.7. The van der Waals surface area contributed by atoms with E-state index < -0.39 is 0 Å². The minimum absolute atomic E-state index is 0.100. The van der Waals surface area contributed by atoms with Gasteiger partial charge in [-0.05, 0) is 25.3 Å². The monoisotopic (exact) mass is 218 g/mol. The Morgan fingerprint density at radius 3 is 2.69 bits per heavy atom. The molecular weight excluding hydrogens is 200 g/mol. The highest BCUT2D eigenvalue weighted by atomic mass is 16.2. The lowest BCUT2D eigenvalue weighted by molar-refractivity contribution is -0.130. The summed E-state index contributed by atoms with van der Waals surface area (Å²) in [6, 6.07) is 10.2. The molecule has 0 aromatic heterocycles. The number of rotatable bonds is 3. The van der Waals surface area contributed by atoms with Crippen LogP contribution in [0.2, 0.25) is 0 Å².